The first-order valence-electron chi connectivity index (χ1n) is 6.48. The van der Waals surface area contributed by atoms with E-state index < -0.39 is 0 Å². The van der Waals surface area contributed by atoms with E-state index >= 15 is 0 Å². The Morgan fingerprint density at radius 3 is 2.79 bits per heavy atom. The summed E-state index contributed by atoms with van der Waals surface area (Å²) in [5.41, 5.74) is 1.14. The van der Waals surface area contributed by atoms with E-state index in [2.05, 4.69) is 13.0 Å². The van der Waals surface area contributed by atoms with Crippen LogP contribution in [0.1, 0.15) is 35.0 Å². The van der Waals surface area contributed by atoms with Crippen molar-refractivity contribution in [2.24, 2.45) is 0 Å². The number of likely N-dealkylation sites (tertiary alicyclic amines) is 1. The summed E-state index contributed by atoms with van der Waals surface area (Å²) in [5.74, 6) is 0.138. The van der Waals surface area contributed by atoms with E-state index in [-0.39, 0.29) is 10.7 Å². The van der Waals surface area contributed by atoms with E-state index in [0.717, 1.165) is 29.7 Å². The largest absolute Gasteiger partial charge is 0.338 e. The van der Waals surface area contributed by atoms with Crippen molar-refractivity contribution in [3.05, 3.63) is 21.9 Å². The average molecular weight is 294 g/mol. The predicted octanol–water partition coefficient (Wildman–Crippen LogP) is 3.17. The minimum Gasteiger partial charge on any atom is -0.338 e. The molecule has 0 bridgehead atoms. The second-order valence-electron chi connectivity index (χ2n) is 4.73. The highest BCUT2D eigenvalue weighted by Crippen LogP contribution is 2.34. The highest BCUT2D eigenvalue weighted by atomic mass is 32.2. The minimum absolute atomic E-state index is 0.138. The Hall–Kier alpha value is -0.990. The lowest BCUT2D eigenvalue weighted by atomic mass is 9.97. The molecule has 0 N–H and O–H groups in total. The fraction of sp³-hybridized carbons (Fsp3) is 0.571. The number of amides is 1. The number of hydrogen-bond acceptors (Lipinski definition) is 4. The number of nitrogens with zero attached hydrogens (tertiary/aromatic N) is 2. The number of carbonyl (C=O) groups is 1. The van der Waals surface area contributed by atoms with Crippen LogP contribution in [0.4, 0.5) is 0 Å². The monoisotopic (exact) mass is 294 g/mol. The van der Waals surface area contributed by atoms with Gasteiger partial charge in [-0.25, -0.2) is 0 Å². The van der Waals surface area contributed by atoms with Gasteiger partial charge in [-0.3, -0.25) is 4.79 Å². The van der Waals surface area contributed by atoms with E-state index in [4.69, 9.17) is 0 Å². The minimum atomic E-state index is -0.292. The van der Waals surface area contributed by atoms with Crippen molar-refractivity contribution in [1.82, 2.24) is 4.90 Å². The summed E-state index contributed by atoms with van der Waals surface area (Å²) >= 11 is 3.14. The number of nitriles is 1. The third-order valence-corrected chi connectivity index (χ3v) is 6.00. The Labute approximate surface area is 122 Å². The maximum Gasteiger partial charge on any atom is 0.264 e. The first-order valence-corrected chi connectivity index (χ1v) is 8.58. The van der Waals surface area contributed by atoms with Crippen LogP contribution in [0.3, 0.4) is 0 Å². The van der Waals surface area contributed by atoms with Crippen molar-refractivity contribution in [3.63, 3.8) is 0 Å². The number of rotatable bonds is 3. The van der Waals surface area contributed by atoms with Crippen LogP contribution in [0.25, 0.3) is 0 Å². The van der Waals surface area contributed by atoms with Gasteiger partial charge in [0.15, 0.2) is 0 Å². The van der Waals surface area contributed by atoms with Crippen molar-refractivity contribution < 1.29 is 4.79 Å². The number of thiophene rings is 1. The van der Waals surface area contributed by atoms with Crippen LogP contribution in [0.2, 0.25) is 0 Å². The van der Waals surface area contributed by atoms with Crippen LogP contribution in [0.15, 0.2) is 11.4 Å². The van der Waals surface area contributed by atoms with Gasteiger partial charge in [-0.15, -0.1) is 23.1 Å². The van der Waals surface area contributed by atoms with E-state index in [1.54, 1.807) is 11.8 Å². The second kappa shape index (κ2) is 5.98. The molecule has 2 rings (SSSR count). The van der Waals surface area contributed by atoms with Crippen LogP contribution in [0, 0.1) is 11.3 Å². The fourth-order valence-electron chi connectivity index (χ4n) is 2.38. The maximum atomic E-state index is 12.5. The van der Waals surface area contributed by atoms with Crippen LogP contribution in [-0.4, -0.2) is 34.9 Å². The first-order chi connectivity index (χ1) is 9.15. The van der Waals surface area contributed by atoms with Crippen LogP contribution in [0.5, 0.6) is 0 Å². The zero-order chi connectivity index (χ0) is 13.9. The summed E-state index contributed by atoms with van der Waals surface area (Å²) in [4.78, 5) is 15.2. The summed E-state index contributed by atoms with van der Waals surface area (Å²) in [6.45, 7) is 3.45. The van der Waals surface area contributed by atoms with Gasteiger partial charge in [0.1, 0.15) is 4.75 Å². The zero-order valence-electron chi connectivity index (χ0n) is 11.3. The molecule has 2 heterocycles. The summed E-state index contributed by atoms with van der Waals surface area (Å²) in [7, 11) is 0. The molecule has 1 fully saturated rings. The summed E-state index contributed by atoms with van der Waals surface area (Å²) in [6, 6.07) is 4.44. The Balaban J connectivity index is 2.06. The zero-order valence-corrected chi connectivity index (χ0v) is 12.9. The number of carbonyl (C=O) groups excluding carboxylic acids is 1. The number of hydrogen-bond donors (Lipinski definition) is 0. The van der Waals surface area contributed by atoms with E-state index in [9.17, 15) is 10.1 Å². The van der Waals surface area contributed by atoms with Gasteiger partial charge in [-0.2, -0.15) is 5.26 Å². The highest BCUT2D eigenvalue weighted by molar-refractivity contribution is 8.00. The van der Waals surface area contributed by atoms with E-state index in [1.165, 1.54) is 11.3 Å². The third kappa shape index (κ3) is 2.80. The second-order valence-corrected chi connectivity index (χ2v) is 6.84. The van der Waals surface area contributed by atoms with Crippen molar-refractivity contribution in [3.8, 4) is 6.07 Å². The molecule has 0 saturated carbocycles. The molecule has 19 heavy (non-hydrogen) atoms. The van der Waals surface area contributed by atoms with Gasteiger partial charge in [0.2, 0.25) is 0 Å². The van der Waals surface area contributed by atoms with Crippen LogP contribution >= 0.6 is 23.1 Å². The molecular formula is C14H18N2OS2. The SMILES string of the molecule is CCc1ccsc1C(=O)N1CCC(C#N)(SC)CC1. The molecule has 1 aliphatic heterocycles. The van der Waals surface area contributed by atoms with Crippen LogP contribution in [-0.2, 0) is 6.42 Å². The number of thioether (sulfide) groups is 1. The van der Waals surface area contributed by atoms with E-state index in [1.807, 2.05) is 22.6 Å². The molecule has 1 saturated heterocycles. The number of piperidine rings is 1. The molecule has 0 atom stereocenters. The molecule has 1 amide bonds. The number of aryl methyl sites for hydroxylation is 1. The summed E-state index contributed by atoms with van der Waals surface area (Å²) in [5, 5.41) is 11.2. The molecule has 0 unspecified atom stereocenters. The molecule has 102 valence electrons. The van der Waals surface area contributed by atoms with Crippen LogP contribution < -0.4 is 0 Å². The predicted molar refractivity (Wildman–Crippen MR) is 80.7 cm³/mol. The van der Waals surface area contributed by atoms with Gasteiger partial charge < -0.3 is 4.90 Å². The third-order valence-electron chi connectivity index (χ3n) is 3.77. The summed E-state index contributed by atoms with van der Waals surface area (Å²) < 4.78 is -0.292. The van der Waals surface area contributed by atoms with E-state index in [0.29, 0.717) is 13.1 Å². The Morgan fingerprint density at radius 1 is 1.58 bits per heavy atom. The highest BCUT2D eigenvalue weighted by Gasteiger charge is 2.36. The smallest absolute Gasteiger partial charge is 0.264 e. The topological polar surface area (TPSA) is 44.1 Å². The van der Waals surface area contributed by atoms with Crippen molar-refractivity contribution in [2.75, 3.05) is 19.3 Å². The van der Waals surface area contributed by atoms with Gasteiger partial charge in [0.05, 0.1) is 10.9 Å². The molecule has 1 aromatic rings. The molecular weight excluding hydrogens is 276 g/mol. The Morgan fingerprint density at radius 2 is 2.26 bits per heavy atom. The van der Waals surface area contributed by atoms with Crippen molar-refractivity contribution in [1.29, 1.82) is 5.26 Å². The molecule has 1 aromatic heterocycles. The van der Waals surface area contributed by atoms with Gasteiger partial charge in [-0.05, 0) is 42.5 Å². The van der Waals surface area contributed by atoms with Gasteiger partial charge in [-0.1, -0.05) is 6.92 Å². The molecule has 0 radical (unpaired) electrons. The fourth-order valence-corrected chi connectivity index (χ4v) is 4.02. The lowest BCUT2D eigenvalue weighted by Gasteiger charge is -2.36. The average Bonchev–Trinajstić information content (AvgIpc) is 2.95. The molecule has 0 spiro atoms. The Bertz CT molecular complexity index is 496. The molecule has 1 aliphatic rings. The molecule has 3 nitrogen and oxygen atoms in total. The quantitative estimate of drug-likeness (QED) is 0.860. The van der Waals surface area contributed by atoms with Crippen molar-refractivity contribution in [2.45, 2.75) is 30.9 Å². The van der Waals surface area contributed by atoms with Crippen molar-refractivity contribution >= 4 is 29.0 Å². The van der Waals surface area contributed by atoms with Gasteiger partial charge >= 0.3 is 0 Å². The molecule has 5 heteroatoms. The Kier molecular flexibility index (Phi) is 4.54. The normalized spacial score (nSPS) is 18.1. The summed E-state index contributed by atoms with van der Waals surface area (Å²) in [6.07, 6.45) is 4.41. The standard InChI is InChI=1S/C14H18N2OS2/c1-3-11-4-9-19-12(11)13(17)16-7-5-14(10-15,18-2)6-8-16/h4,9H,3,5-8H2,1-2H3. The lowest BCUT2D eigenvalue weighted by Crippen LogP contribution is -2.44. The first kappa shape index (κ1) is 14.4. The van der Waals surface area contributed by atoms with Gasteiger partial charge in [0, 0.05) is 13.1 Å². The maximum absolute atomic E-state index is 12.5. The lowest BCUT2D eigenvalue weighted by molar-refractivity contribution is 0.0720. The molecule has 0 aliphatic carbocycles. The molecule has 0 aromatic carbocycles. The van der Waals surface area contributed by atoms with Gasteiger partial charge in [0.25, 0.3) is 5.91 Å².